The number of hydrogen-bond acceptors (Lipinski definition) is 9. The van der Waals surface area contributed by atoms with Crippen molar-refractivity contribution in [2.24, 2.45) is 0 Å². The number of aryl methyl sites for hydroxylation is 1. The van der Waals surface area contributed by atoms with Crippen LogP contribution in [-0.4, -0.2) is 78.7 Å². The number of carbonyl (C=O) groups is 1. The smallest absolute Gasteiger partial charge is 0.318 e. The first-order chi connectivity index (χ1) is 25.3. The zero-order valence-corrected chi connectivity index (χ0v) is 29.3. The van der Waals surface area contributed by atoms with E-state index in [1.807, 2.05) is 103 Å². The van der Waals surface area contributed by atoms with Crippen molar-refractivity contribution in [1.82, 2.24) is 34.8 Å². The van der Waals surface area contributed by atoms with Gasteiger partial charge in [-0.1, -0.05) is 71.9 Å². The second-order valence-corrected chi connectivity index (χ2v) is 13.4. The molecule has 1 aliphatic rings. The van der Waals surface area contributed by atoms with Gasteiger partial charge in [-0.15, -0.1) is 5.10 Å². The summed E-state index contributed by atoms with van der Waals surface area (Å²) in [5, 5.41) is 23.6. The number of aliphatic hydroxyl groups is 1. The Hall–Kier alpha value is -6.20. The summed E-state index contributed by atoms with van der Waals surface area (Å²) in [5.74, 6) is 0.630. The van der Waals surface area contributed by atoms with Gasteiger partial charge in [0.25, 0.3) is 5.91 Å². The molecule has 4 aromatic carbocycles. The van der Waals surface area contributed by atoms with E-state index < -0.39 is 5.60 Å². The Balaban J connectivity index is 0.989. The third kappa shape index (κ3) is 6.31. The Morgan fingerprint density at radius 3 is 2.48 bits per heavy atom. The fourth-order valence-electron chi connectivity index (χ4n) is 7.04. The van der Waals surface area contributed by atoms with Crippen LogP contribution < -0.4 is 9.64 Å². The van der Waals surface area contributed by atoms with Gasteiger partial charge in [0.05, 0.1) is 42.2 Å². The Morgan fingerprint density at radius 2 is 1.65 bits per heavy atom. The van der Waals surface area contributed by atoms with Crippen LogP contribution in [0.5, 0.6) is 6.01 Å². The normalized spacial score (nSPS) is 14.1. The van der Waals surface area contributed by atoms with E-state index in [4.69, 9.17) is 9.72 Å². The number of hydrogen-bond donors (Lipinski definition) is 1. The number of piperidine rings is 1. The summed E-state index contributed by atoms with van der Waals surface area (Å²) in [6, 6.07) is 32.3. The maximum atomic E-state index is 14.2. The van der Waals surface area contributed by atoms with E-state index in [1.165, 1.54) is 0 Å². The predicted octanol–water partition coefficient (Wildman–Crippen LogP) is 6.86. The molecule has 1 saturated heterocycles. The number of ether oxygens (including phenoxy) is 1. The first-order valence-corrected chi connectivity index (χ1v) is 17.3. The molecular formula is C41H38N8O3. The van der Waals surface area contributed by atoms with Crippen LogP contribution in [0.15, 0.2) is 109 Å². The van der Waals surface area contributed by atoms with E-state index in [0.29, 0.717) is 49.0 Å². The standard InChI is InChI=1S/C41H38N8O3/c1-27-15-16-29(47(2)38-17-20-42-40(44-38)52-3)23-33(27)37-25-49(46-45-37)26-41(51)18-21-48(22-19-41)39(50)34-24-36(43-35-14-7-6-12-32(34)35)31-13-8-10-28-9-4-5-11-30(28)31/h4-17,20,23-25,51H,18-19,21-22,26H2,1-3H3. The van der Waals surface area contributed by atoms with Crippen molar-refractivity contribution in [3.63, 3.8) is 0 Å². The zero-order valence-electron chi connectivity index (χ0n) is 29.3. The number of nitrogens with zero attached hydrogens (tertiary/aromatic N) is 8. The largest absolute Gasteiger partial charge is 0.467 e. The molecule has 1 N–H and O–H groups in total. The van der Waals surface area contributed by atoms with Crippen LogP contribution in [0.3, 0.4) is 0 Å². The highest BCUT2D eigenvalue weighted by Crippen LogP contribution is 2.34. The number of rotatable bonds is 8. The van der Waals surface area contributed by atoms with Gasteiger partial charge in [-0.05, 0) is 66.4 Å². The van der Waals surface area contributed by atoms with Crippen molar-refractivity contribution in [1.29, 1.82) is 0 Å². The number of aromatic nitrogens is 6. The summed E-state index contributed by atoms with van der Waals surface area (Å²) in [6.45, 7) is 3.13. The topological polar surface area (TPSA) is 122 Å². The molecule has 0 bridgehead atoms. The number of methoxy groups -OCH3 is 1. The number of para-hydroxylation sites is 1. The van der Waals surface area contributed by atoms with E-state index >= 15 is 0 Å². The number of benzene rings is 4. The molecule has 11 heteroatoms. The molecule has 0 radical (unpaired) electrons. The summed E-state index contributed by atoms with van der Waals surface area (Å²) in [6.07, 6.45) is 4.35. The first-order valence-electron chi connectivity index (χ1n) is 17.3. The molecule has 52 heavy (non-hydrogen) atoms. The van der Waals surface area contributed by atoms with Crippen LogP contribution in [0.2, 0.25) is 0 Å². The van der Waals surface area contributed by atoms with Crippen LogP contribution in [-0.2, 0) is 6.54 Å². The summed E-state index contributed by atoms with van der Waals surface area (Å²) < 4.78 is 6.90. The third-order valence-corrected chi connectivity index (χ3v) is 10.0. The van der Waals surface area contributed by atoms with Crippen molar-refractivity contribution >= 4 is 39.1 Å². The second-order valence-electron chi connectivity index (χ2n) is 13.4. The number of fused-ring (bicyclic) bond motifs is 2. The average molecular weight is 691 g/mol. The van der Waals surface area contributed by atoms with Crippen molar-refractivity contribution < 1.29 is 14.6 Å². The van der Waals surface area contributed by atoms with E-state index in [1.54, 1.807) is 18.0 Å². The van der Waals surface area contributed by atoms with Crippen LogP contribution in [0.25, 0.3) is 44.2 Å². The molecule has 1 aliphatic heterocycles. The number of carbonyl (C=O) groups excluding carboxylic acids is 1. The van der Waals surface area contributed by atoms with Crippen molar-refractivity contribution in [3.8, 4) is 28.5 Å². The summed E-state index contributed by atoms with van der Waals surface area (Å²) >= 11 is 0. The van der Waals surface area contributed by atoms with Crippen molar-refractivity contribution in [2.75, 3.05) is 32.1 Å². The van der Waals surface area contributed by atoms with Gasteiger partial charge in [-0.25, -0.2) is 14.6 Å². The number of pyridine rings is 1. The highest BCUT2D eigenvalue weighted by molar-refractivity contribution is 6.08. The minimum Gasteiger partial charge on any atom is -0.467 e. The molecule has 0 spiro atoms. The molecule has 7 aromatic rings. The van der Waals surface area contributed by atoms with Gasteiger partial charge < -0.3 is 19.6 Å². The molecule has 11 nitrogen and oxygen atoms in total. The monoisotopic (exact) mass is 690 g/mol. The molecule has 0 unspecified atom stereocenters. The molecule has 1 fully saturated rings. The van der Waals surface area contributed by atoms with Gasteiger partial charge in [0, 0.05) is 48.5 Å². The molecule has 1 amide bonds. The highest BCUT2D eigenvalue weighted by Gasteiger charge is 2.35. The van der Waals surface area contributed by atoms with Crippen LogP contribution in [0, 0.1) is 6.92 Å². The Kier molecular flexibility index (Phi) is 8.56. The zero-order chi connectivity index (χ0) is 35.8. The lowest BCUT2D eigenvalue weighted by molar-refractivity contribution is -0.0317. The summed E-state index contributed by atoms with van der Waals surface area (Å²) in [5.41, 5.74) is 5.68. The lowest BCUT2D eigenvalue weighted by Gasteiger charge is -2.38. The van der Waals surface area contributed by atoms with Crippen molar-refractivity contribution in [2.45, 2.75) is 31.9 Å². The highest BCUT2D eigenvalue weighted by atomic mass is 16.5. The lowest BCUT2D eigenvalue weighted by Crippen LogP contribution is -2.48. The van der Waals surface area contributed by atoms with Crippen molar-refractivity contribution in [3.05, 3.63) is 121 Å². The maximum Gasteiger partial charge on any atom is 0.318 e. The van der Waals surface area contributed by atoms with Gasteiger partial charge in [0.2, 0.25) is 0 Å². The number of likely N-dealkylation sites (tertiary alicyclic amines) is 1. The van der Waals surface area contributed by atoms with Crippen LogP contribution in [0.4, 0.5) is 11.5 Å². The quantitative estimate of drug-likeness (QED) is 0.182. The molecule has 0 saturated carbocycles. The van der Waals surface area contributed by atoms with Gasteiger partial charge in [-0.3, -0.25) is 4.79 Å². The first kappa shape index (κ1) is 33.0. The molecule has 3 aromatic heterocycles. The minimum absolute atomic E-state index is 0.0640. The molecular weight excluding hydrogens is 653 g/mol. The van der Waals surface area contributed by atoms with Gasteiger partial charge >= 0.3 is 6.01 Å². The summed E-state index contributed by atoms with van der Waals surface area (Å²) in [4.78, 5) is 31.5. The van der Waals surface area contributed by atoms with E-state index in [0.717, 1.165) is 49.7 Å². The number of anilines is 2. The van der Waals surface area contributed by atoms with Gasteiger partial charge in [0.1, 0.15) is 11.5 Å². The van der Waals surface area contributed by atoms with E-state index in [2.05, 4.69) is 44.5 Å². The molecule has 8 rings (SSSR count). The maximum absolute atomic E-state index is 14.2. The molecule has 0 atom stereocenters. The Labute approximate surface area is 301 Å². The Morgan fingerprint density at radius 1 is 0.885 bits per heavy atom. The predicted molar refractivity (Wildman–Crippen MR) is 202 cm³/mol. The molecule has 4 heterocycles. The average Bonchev–Trinajstić information content (AvgIpc) is 3.64. The molecule has 260 valence electrons. The summed E-state index contributed by atoms with van der Waals surface area (Å²) in [7, 11) is 3.47. The van der Waals surface area contributed by atoms with Gasteiger partial charge in [-0.2, -0.15) is 4.98 Å². The van der Waals surface area contributed by atoms with E-state index in [9.17, 15) is 9.90 Å². The second kappa shape index (κ2) is 13.5. The number of amides is 1. The third-order valence-electron chi connectivity index (χ3n) is 10.0. The fourth-order valence-corrected chi connectivity index (χ4v) is 7.04. The Bertz CT molecular complexity index is 2430. The van der Waals surface area contributed by atoms with Crippen LogP contribution >= 0.6 is 0 Å². The fraction of sp³-hybridized carbons (Fsp3) is 0.220. The lowest BCUT2D eigenvalue weighted by atomic mass is 9.90. The van der Waals surface area contributed by atoms with Gasteiger partial charge in [0.15, 0.2) is 0 Å². The molecule has 0 aliphatic carbocycles. The van der Waals surface area contributed by atoms with E-state index in [-0.39, 0.29) is 12.5 Å². The minimum atomic E-state index is -1.04. The SMILES string of the molecule is COc1nccc(N(C)c2ccc(C)c(-c3cn(CC4(O)CCN(C(=O)c5cc(-c6cccc7ccccc67)nc6ccccc56)CC4)nn3)c2)n1. The van der Waals surface area contributed by atoms with Crippen LogP contribution in [0.1, 0.15) is 28.8 Å².